The zero-order valence-corrected chi connectivity index (χ0v) is 47.5. The molecule has 0 N–H and O–H groups in total. The Morgan fingerprint density at radius 3 is 0.826 bits per heavy atom. The van der Waals surface area contributed by atoms with Gasteiger partial charge in [-0.25, -0.2) is 0 Å². The highest BCUT2D eigenvalue weighted by molar-refractivity contribution is 5.71. The molecule has 0 saturated carbocycles. The highest BCUT2D eigenvalue weighted by Crippen LogP contribution is 2.19. The number of carbonyl (C=O) groups excluding carboxylic acids is 3. The number of carbonyl (C=O) groups is 3. The highest BCUT2D eigenvalue weighted by Gasteiger charge is 2.19. The third kappa shape index (κ3) is 55.6. The first kappa shape index (κ1) is 67.4. The van der Waals surface area contributed by atoms with E-state index >= 15 is 0 Å². The quantitative estimate of drug-likeness (QED) is 0.0343. The van der Waals surface area contributed by atoms with Crippen LogP contribution in [0.15, 0.2) is 0 Å². The molecule has 0 radical (unpaired) electrons. The first-order chi connectivity index (χ1) is 33.8. The third-order valence-corrected chi connectivity index (χ3v) is 14.8. The van der Waals surface area contributed by atoms with E-state index in [0.717, 1.165) is 69.6 Å². The van der Waals surface area contributed by atoms with Crippen LogP contribution in [0.25, 0.3) is 0 Å². The van der Waals surface area contributed by atoms with E-state index in [0.29, 0.717) is 19.3 Å². The van der Waals surface area contributed by atoms with E-state index in [2.05, 4.69) is 34.6 Å². The Balaban J connectivity index is 4.19. The van der Waals surface area contributed by atoms with Crippen molar-refractivity contribution in [1.82, 2.24) is 0 Å². The summed E-state index contributed by atoms with van der Waals surface area (Å²) in [6.45, 7) is 11.4. The van der Waals surface area contributed by atoms with Crippen molar-refractivity contribution in [3.8, 4) is 0 Å². The number of ether oxygens (including phenoxy) is 3. The van der Waals surface area contributed by atoms with Crippen molar-refractivity contribution in [3.05, 3.63) is 0 Å². The standard InChI is InChI=1S/C63H122O6/c1-6-8-9-10-11-12-13-14-15-16-17-21-24-27-30-33-38-43-48-53-61(64)67-56-60(57-68-62(65)54-49-44-40-35-36-41-46-51-58(3)4)69-63(66)55-50-45-39-34-31-28-25-22-19-18-20-23-26-29-32-37-42-47-52-59(5)7-2/h58-60H,6-57H2,1-5H3/t59?,60-/m1/s1. The molecular weight excluding hydrogens is 853 g/mol. The summed E-state index contributed by atoms with van der Waals surface area (Å²) >= 11 is 0. The third-order valence-electron chi connectivity index (χ3n) is 14.8. The average Bonchev–Trinajstić information content (AvgIpc) is 3.34. The summed E-state index contributed by atoms with van der Waals surface area (Å²) in [7, 11) is 0. The predicted molar refractivity (Wildman–Crippen MR) is 298 cm³/mol. The van der Waals surface area contributed by atoms with Crippen molar-refractivity contribution in [3.63, 3.8) is 0 Å². The van der Waals surface area contributed by atoms with Gasteiger partial charge in [-0.2, -0.15) is 0 Å². The van der Waals surface area contributed by atoms with Crippen LogP contribution in [0.5, 0.6) is 0 Å². The fraction of sp³-hybridized carbons (Fsp3) is 0.952. The second-order valence-corrected chi connectivity index (χ2v) is 22.4. The fourth-order valence-corrected chi connectivity index (χ4v) is 9.73. The predicted octanol–water partition coefficient (Wildman–Crippen LogP) is 20.8. The molecular formula is C63H122O6. The smallest absolute Gasteiger partial charge is 0.306 e. The van der Waals surface area contributed by atoms with Crippen LogP contribution in [0.3, 0.4) is 0 Å². The first-order valence-electron chi connectivity index (χ1n) is 31.3. The van der Waals surface area contributed by atoms with Gasteiger partial charge in [-0.05, 0) is 31.1 Å². The Bertz CT molecular complexity index is 1060. The van der Waals surface area contributed by atoms with Gasteiger partial charge in [0, 0.05) is 19.3 Å². The van der Waals surface area contributed by atoms with Gasteiger partial charge in [0.15, 0.2) is 6.10 Å². The molecule has 1 unspecified atom stereocenters. The van der Waals surface area contributed by atoms with Gasteiger partial charge in [0.1, 0.15) is 13.2 Å². The molecule has 69 heavy (non-hydrogen) atoms. The van der Waals surface area contributed by atoms with Crippen LogP contribution in [0.2, 0.25) is 0 Å². The van der Waals surface area contributed by atoms with Gasteiger partial charge < -0.3 is 14.2 Å². The number of esters is 3. The van der Waals surface area contributed by atoms with Crippen LogP contribution >= 0.6 is 0 Å². The molecule has 6 heteroatoms. The van der Waals surface area contributed by atoms with Gasteiger partial charge in [0.05, 0.1) is 0 Å². The highest BCUT2D eigenvalue weighted by atomic mass is 16.6. The molecule has 0 fully saturated rings. The molecule has 0 aromatic carbocycles. The van der Waals surface area contributed by atoms with Gasteiger partial charge >= 0.3 is 17.9 Å². The molecule has 2 atom stereocenters. The average molecular weight is 976 g/mol. The van der Waals surface area contributed by atoms with E-state index in [9.17, 15) is 14.4 Å². The second kappa shape index (κ2) is 55.7. The first-order valence-corrected chi connectivity index (χ1v) is 31.3. The van der Waals surface area contributed by atoms with E-state index in [4.69, 9.17) is 14.2 Å². The number of rotatable bonds is 57. The Morgan fingerprint density at radius 1 is 0.304 bits per heavy atom. The van der Waals surface area contributed by atoms with Crippen molar-refractivity contribution in [2.24, 2.45) is 11.8 Å². The molecule has 6 nitrogen and oxygen atoms in total. The summed E-state index contributed by atoms with van der Waals surface area (Å²) in [4.78, 5) is 38.2. The van der Waals surface area contributed by atoms with Gasteiger partial charge in [-0.1, -0.05) is 317 Å². The number of hydrogen-bond acceptors (Lipinski definition) is 6. The monoisotopic (exact) mass is 975 g/mol. The molecule has 410 valence electrons. The molecule has 0 aromatic rings. The van der Waals surface area contributed by atoms with Crippen LogP contribution < -0.4 is 0 Å². The SMILES string of the molecule is CCCCCCCCCCCCCCCCCCCCCC(=O)OC[C@H](COC(=O)CCCCCCCCCC(C)C)OC(=O)CCCCCCCCCCCCCCCCCCCCC(C)CC. The minimum Gasteiger partial charge on any atom is -0.462 e. The zero-order chi connectivity index (χ0) is 50.4. The van der Waals surface area contributed by atoms with Gasteiger partial charge in [-0.15, -0.1) is 0 Å². The number of unbranched alkanes of at least 4 members (excludes halogenated alkanes) is 41. The molecule has 0 aliphatic heterocycles. The maximum Gasteiger partial charge on any atom is 0.306 e. The lowest BCUT2D eigenvalue weighted by Crippen LogP contribution is -2.30. The molecule has 0 aliphatic rings. The summed E-state index contributed by atoms with van der Waals surface area (Å²) in [5.41, 5.74) is 0. The molecule has 0 rings (SSSR count). The Hall–Kier alpha value is -1.59. The molecule has 0 aromatic heterocycles. The Kier molecular flexibility index (Phi) is 54.4. The van der Waals surface area contributed by atoms with Crippen LogP contribution in [-0.4, -0.2) is 37.2 Å². The van der Waals surface area contributed by atoms with E-state index in [1.807, 2.05) is 0 Å². The molecule has 0 bridgehead atoms. The Morgan fingerprint density at radius 2 is 0.551 bits per heavy atom. The van der Waals surface area contributed by atoms with Crippen molar-refractivity contribution in [1.29, 1.82) is 0 Å². The topological polar surface area (TPSA) is 78.9 Å². The van der Waals surface area contributed by atoms with Crippen LogP contribution in [-0.2, 0) is 28.6 Å². The largest absolute Gasteiger partial charge is 0.462 e. The second-order valence-electron chi connectivity index (χ2n) is 22.4. The summed E-state index contributed by atoms with van der Waals surface area (Å²) in [6.07, 6.45) is 61.1. The lowest BCUT2D eigenvalue weighted by molar-refractivity contribution is -0.167. The number of hydrogen-bond donors (Lipinski definition) is 0. The maximum atomic E-state index is 12.9. The minimum atomic E-state index is -0.764. The minimum absolute atomic E-state index is 0.0629. The van der Waals surface area contributed by atoms with Crippen LogP contribution in [0, 0.1) is 11.8 Å². The summed E-state index contributed by atoms with van der Waals surface area (Å²) in [5.74, 6) is 0.852. The van der Waals surface area contributed by atoms with Gasteiger partial charge in [0.25, 0.3) is 0 Å². The van der Waals surface area contributed by atoms with Crippen molar-refractivity contribution in [2.45, 2.75) is 362 Å². The van der Waals surface area contributed by atoms with E-state index in [-0.39, 0.29) is 31.1 Å². The lowest BCUT2D eigenvalue weighted by Gasteiger charge is -2.18. The van der Waals surface area contributed by atoms with E-state index < -0.39 is 6.10 Å². The van der Waals surface area contributed by atoms with Gasteiger partial charge in [0.2, 0.25) is 0 Å². The Labute approximate surface area is 431 Å². The van der Waals surface area contributed by atoms with Gasteiger partial charge in [-0.3, -0.25) is 14.4 Å². The van der Waals surface area contributed by atoms with Crippen LogP contribution in [0.4, 0.5) is 0 Å². The van der Waals surface area contributed by atoms with Crippen molar-refractivity contribution >= 4 is 17.9 Å². The van der Waals surface area contributed by atoms with Crippen molar-refractivity contribution in [2.75, 3.05) is 13.2 Å². The summed E-state index contributed by atoms with van der Waals surface area (Å²) < 4.78 is 16.9. The van der Waals surface area contributed by atoms with Crippen molar-refractivity contribution < 1.29 is 28.6 Å². The van der Waals surface area contributed by atoms with Crippen LogP contribution in [0.1, 0.15) is 356 Å². The molecule has 0 spiro atoms. The molecule has 0 saturated heterocycles. The zero-order valence-electron chi connectivity index (χ0n) is 47.5. The fourth-order valence-electron chi connectivity index (χ4n) is 9.73. The summed E-state index contributed by atoms with van der Waals surface area (Å²) in [5, 5.41) is 0. The molecule has 0 aliphatic carbocycles. The lowest BCUT2D eigenvalue weighted by atomic mass is 9.99. The van der Waals surface area contributed by atoms with E-state index in [1.54, 1.807) is 0 Å². The maximum absolute atomic E-state index is 12.9. The van der Waals surface area contributed by atoms with E-state index in [1.165, 1.54) is 244 Å². The molecule has 0 amide bonds. The summed E-state index contributed by atoms with van der Waals surface area (Å²) in [6, 6.07) is 0. The molecule has 0 heterocycles. The normalized spacial score (nSPS) is 12.4.